The monoisotopic (exact) mass is 542 g/mol. The number of aromatic nitrogens is 1. The van der Waals surface area contributed by atoms with Crippen LogP contribution in [0.2, 0.25) is 0 Å². The molecule has 0 radical (unpaired) electrons. The number of carboxylic acids is 1. The summed E-state index contributed by atoms with van der Waals surface area (Å²) in [7, 11) is 0. The zero-order chi connectivity index (χ0) is 27.1. The molecule has 0 bridgehead atoms. The van der Waals surface area contributed by atoms with E-state index in [0.717, 1.165) is 16.1 Å². The maximum atomic E-state index is 13.6. The van der Waals surface area contributed by atoms with Gasteiger partial charge >= 0.3 is 12.0 Å². The third-order valence-electron chi connectivity index (χ3n) is 5.59. The van der Waals surface area contributed by atoms with Crippen molar-refractivity contribution in [2.45, 2.75) is 13.0 Å². The van der Waals surface area contributed by atoms with E-state index in [1.165, 1.54) is 23.1 Å². The molecule has 8 nitrogen and oxygen atoms in total. The van der Waals surface area contributed by atoms with E-state index in [-0.39, 0.29) is 17.9 Å². The summed E-state index contributed by atoms with van der Waals surface area (Å²) in [6.07, 6.45) is 0. The largest absolute Gasteiger partial charge is 0.492 e. The van der Waals surface area contributed by atoms with E-state index < -0.39 is 17.9 Å². The first kappa shape index (κ1) is 26.7. The van der Waals surface area contributed by atoms with Crippen molar-refractivity contribution in [3.8, 4) is 23.1 Å². The number of thiazole rings is 1. The van der Waals surface area contributed by atoms with Gasteiger partial charge in [0.25, 0.3) is 5.91 Å². The summed E-state index contributed by atoms with van der Waals surface area (Å²) in [6.45, 7) is 9.73. The normalized spacial score (nSPS) is 11.3. The molecule has 4 aromatic rings. The smallest absolute Gasteiger partial charge is 0.333 e. The van der Waals surface area contributed by atoms with Crippen LogP contribution < -0.4 is 10.1 Å². The number of benzene rings is 3. The topological polar surface area (TPSA) is 117 Å². The summed E-state index contributed by atoms with van der Waals surface area (Å²) in [5.41, 5.74) is 2.15. The number of anilines is 1. The second-order valence-corrected chi connectivity index (χ2v) is 10.4. The zero-order valence-electron chi connectivity index (χ0n) is 20.3. The van der Waals surface area contributed by atoms with Crippen LogP contribution in [0.4, 0.5) is 5.13 Å². The molecule has 0 saturated heterocycles. The zero-order valence-corrected chi connectivity index (χ0v) is 21.9. The van der Waals surface area contributed by atoms with E-state index in [2.05, 4.69) is 15.1 Å². The van der Waals surface area contributed by atoms with Crippen LogP contribution in [0, 0.1) is 24.8 Å². The quantitative estimate of drug-likeness (QED) is 0.181. The van der Waals surface area contributed by atoms with Crippen LogP contribution in [0.15, 0.2) is 60.7 Å². The number of nitrogens with zero attached hydrogens (tertiary/aromatic N) is 3. The molecule has 0 aliphatic carbocycles. The summed E-state index contributed by atoms with van der Waals surface area (Å²) in [4.78, 5) is 33.4. The number of ether oxygens (including phenoxy) is 1. The Hall–Kier alpha value is -4.38. The fourth-order valence-electron chi connectivity index (χ4n) is 3.97. The van der Waals surface area contributed by atoms with Gasteiger partial charge in [0.05, 0.1) is 29.2 Å². The molecule has 1 amide bonds. The molecule has 2 N–H and O–H groups in total. The number of aliphatic carboxylic acids is 1. The van der Waals surface area contributed by atoms with Gasteiger partial charge in [0.15, 0.2) is 11.2 Å². The van der Waals surface area contributed by atoms with Crippen molar-refractivity contribution in [1.82, 2.24) is 4.98 Å². The van der Waals surface area contributed by atoms with Crippen LogP contribution in [-0.2, 0) is 4.79 Å². The molecule has 1 aromatic heterocycles. The van der Waals surface area contributed by atoms with Crippen molar-refractivity contribution in [3.05, 3.63) is 88.1 Å². The first-order chi connectivity index (χ1) is 18.4. The van der Waals surface area contributed by atoms with E-state index in [1.54, 1.807) is 30.3 Å². The van der Waals surface area contributed by atoms with Crippen LogP contribution in [0.25, 0.3) is 26.9 Å². The summed E-state index contributed by atoms with van der Waals surface area (Å²) < 4.78 is 5.96. The Kier molecular flexibility index (Phi) is 8.59. The predicted octanol–water partition coefficient (Wildman–Crippen LogP) is 6.20. The molecular weight excluding hydrogens is 520 g/mol. The van der Waals surface area contributed by atoms with E-state index in [9.17, 15) is 14.9 Å². The average Bonchev–Trinajstić information content (AvgIpc) is 3.29. The van der Waals surface area contributed by atoms with Gasteiger partial charge in [0, 0.05) is 21.6 Å². The standard InChI is InChI=1S/C28H22N4O4S2/c1-17-26(18-8-4-3-5-9-18)31-28(38-17)32-27(35)21-14-23(36-12-13-37-16-24(33)34)19-10-6-7-11-20(19)25(21)22(15-29)30-2/h3-11,14,22H,12-13,16H2,1H3,(H,33,34)(H,31,32,35). The molecule has 190 valence electrons. The van der Waals surface area contributed by atoms with Crippen molar-refractivity contribution < 1.29 is 19.4 Å². The van der Waals surface area contributed by atoms with Crippen molar-refractivity contribution in [1.29, 1.82) is 5.26 Å². The number of nitriles is 1. The fraction of sp³-hybridized carbons (Fsp3) is 0.179. The molecule has 1 atom stereocenters. The summed E-state index contributed by atoms with van der Waals surface area (Å²) in [6, 6.07) is 19.1. The second kappa shape index (κ2) is 12.2. The number of aryl methyl sites for hydroxylation is 1. The molecule has 3 aromatic carbocycles. The molecular formula is C28H22N4O4S2. The lowest BCUT2D eigenvalue weighted by Crippen LogP contribution is -2.16. The van der Waals surface area contributed by atoms with Gasteiger partial charge in [-0.2, -0.15) is 5.26 Å². The summed E-state index contributed by atoms with van der Waals surface area (Å²) in [5.74, 6) is -0.601. The number of nitrogens with one attached hydrogen (secondary N) is 1. The molecule has 38 heavy (non-hydrogen) atoms. The number of hydrogen-bond acceptors (Lipinski definition) is 7. The van der Waals surface area contributed by atoms with Crippen molar-refractivity contribution in [2.75, 3.05) is 23.4 Å². The number of carboxylic acid groups (broad SMARTS) is 1. The minimum Gasteiger partial charge on any atom is -0.492 e. The van der Waals surface area contributed by atoms with Crippen molar-refractivity contribution in [3.63, 3.8) is 0 Å². The number of thioether (sulfide) groups is 1. The molecule has 1 heterocycles. The number of hydrogen-bond donors (Lipinski definition) is 2. The number of amides is 1. The molecule has 0 fully saturated rings. The van der Waals surface area contributed by atoms with Gasteiger partial charge in [0.1, 0.15) is 5.75 Å². The maximum absolute atomic E-state index is 13.6. The van der Waals surface area contributed by atoms with Gasteiger partial charge < -0.3 is 9.84 Å². The molecule has 0 aliphatic rings. The maximum Gasteiger partial charge on any atom is 0.333 e. The predicted molar refractivity (Wildman–Crippen MR) is 150 cm³/mol. The van der Waals surface area contributed by atoms with E-state index in [1.807, 2.05) is 43.3 Å². The number of fused-ring (bicyclic) bond motifs is 1. The highest BCUT2D eigenvalue weighted by Crippen LogP contribution is 2.37. The van der Waals surface area contributed by atoms with E-state index in [4.69, 9.17) is 16.4 Å². The van der Waals surface area contributed by atoms with E-state index in [0.29, 0.717) is 33.0 Å². The van der Waals surface area contributed by atoms with Gasteiger partial charge in [-0.3, -0.25) is 19.8 Å². The SMILES string of the molecule is [C-]#[N+]C(C#N)c1c(C(=O)Nc2nc(-c3ccccc3)c(C)s2)cc(OCCSCC(=O)O)c2ccccc12. The van der Waals surface area contributed by atoms with Crippen LogP contribution in [0.3, 0.4) is 0 Å². The Labute approximate surface area is 227 Å². The van der Waals surface area contributed by atoms with Gasteiger partial charge in [-0.15, -0.1) is 23.1 Å². The van der Waals surface area contributed by atoms with Crippen LogP contribution in [-0.4, -0.2) is 40.1 Å². The Morgan fingerprint density at radius 3 is 2.61 bits per heavy atom. The molecule has 1 unspecified atom stereocenters. The van der Waals surface area contributed by atoms with Gasteiger partial charge in [-0.25, -0.2) is 11.6 Å². The van der Waals surface area contributed by atoms with Crippen molar-refractivity contribution >= 4 is 50.9 Å². The first-order valence-electron chi connectivity index (χ1n) is 11.5. The lowest BCUT2D eigenvalue weighted by atomic mass is 9.93. The van der Waals surface area contributed by atoms with Crippen LogP contribution in [0.5, 0.6) is 5.75 Å². The molecule has 0 aliphatic heterocycles. The number of rotatable bonds is 10. The van der Waals surface area contributed by atoms with Gasteiger partial charge in [0.2, 0.25) is 0 Å². The molecule has 4 rings (SSSR count). The minimum atomic E-state index is -1.20. The Balaban J connectivity index is 1.71. The summed E-state index contributed by atoms with van der Waals surface area (Å²) >= 11 is 2.56. The van der Waals surface area contributed by atoms with Crippen LogP contribution >= 0.6 is 23.1 Å². The Morgan fingerprint density at radius 2 is 1.92 bits per heavy atom. The highest BCUT2D eigenvalue weighted by Gasteiger charge is 2.28. The first-order valence-corrected chi connectivity index (χ1v) is 13.5. The lowest BCUT2D eigenvalue weighted by Gasteiger charge is -2.16. The highest BCUT2D eigenvalue weighted by atomic mass is 32.2. The fourth-order valence-corrected chi connectivity index (χ4v) is 5.32. The van der Waals surface area contributed by atoms with Crippen molar-refractivity contribution in [2.24, 2.45) is 0 Å². The summed E-state index contributed by atoms with van der Waals surface area (Å²) in [5, 5.41) is 23.0. The van der Waals surface area contributed by atoms with Gasteiger partial charge in [-0.1, -0.05) is 54.6 Å². The molecule has 10 heteroatoms. The number of carbonyl (C=O) groups excluding carboxylic acids is 1. The average molecular weight is 543 g/mol. The van der Waals surface area contributed by atoms with Crippen LogP contribution in [0.1, 0.15) is 26.8 Å². The highest BCUT2D eigenvalue weighted by molar-refractivity contribution is 7.99. The third kappa shape index (κ3) is 5.94. The number of carbonyl (C=O) groups is 2. The molecule has 0 spiro atoms. The molecule has 0 saturated carbocycles. The lowest BCUT2D eigenvalue weighted by molar-refractivity contribution is -0.133. The van der Waals surface area contributed by atoms with Gasteiger partial charge in [-0.05, 0) is 18.4 Å². The Morgan fingerprint density at radius 1 is 1.21 bits per heavy atom. The second-order valence-electron chi connectivity index (χ2n) is 8.08. The van der Waals surface area contributed by atoms with E-state index >= 15 is 0 Å². The Bertz CT molecular complexity index is 1560. The minimum absolute atomic E-state index is 0.0379. The third-order valence-corrected chi connectivity index (χ3v) is 7.39.